The van der Waals surface area contributed by atoms with Gasteiger partial charge in [0, 0.05) is 28.4 Å². The van der Waals surface area contributed by atoms with Gasteiger partial charge in [0.1, 0.15) is 11.6 Å². The molecule has 8 rings (SSSR count). The highest BCUT2D eigenvalue weighted by atomic mass is 16.3. The van der Waals surface area contributed by atoms with Gasteiger partial charge in [-0.25, -0.2) is 4.98 Å². The second kappa shape index (κ2) is 14.4. The summed E-state index contributed by atoms with van der Waals surface area (Å²) in [5.74, 6) is -0.183. The van der Waals surface area contributed by atoms with E-state index in [0.29, 0.717) is 28.2 Å². The molecule has 0 aliphatic carbocycles. The lowest BCUT2D eigenvalue weighted by molar-refractivity contribution is 0.472. The first-order valence-electron chi connectivity index (χ1n) is 22.8. The van der Waals surface area contributed by atoms with Crippen LogP contribution in [0.3, 0.4) is 0 Å². The number of imidazole rings is 1. The van der Waals surface area contributed by atoms with Crippen LogP contribution in [-0.2, 0) is 5.41 Å². The van der Waals surface area contributed by atoms with E-state index in [1.54, 1.807) is 18.3 Å². The number of aromatic hydroxyl groups is 1. The third-order valence-corrected chi connectivity index (χ3v) is 10.3. The second-order valence-electron chi connectivity index (χ2n) is 15.7. The quantitative estimate of drug-likeness (QED) is 0.177. The molecule has 0 fully saturated rings. The summed E-state index contributed by atoms with van der Waals surface area (Å²) in [7, 11) is 0. The van der Waals surface area contributed by atoms with E-state index < -0.39 is 42.5 Å². The van der Waals surface area contributed by atoms with Gasteiger partial charge in [-0.3, -0.25) is 9.55 Å². The van der Waals surface area contributed by atoms with Gasteiger partial charge in [-0.05, 0) is 125 Å². The molecule has 0 bridgehead atoms. The zero-order chi connectivity index (χ0) is 46.2. The lowest BCUT2D eigenvalue weighted by atomic mass is 9.83. The summed E-state index contributed by atoms with van der Waals surface area (Å²) in [5, 5.41) is 11.7. The van der Waals surface area contributed by atoms with E-state index in [1.165, 1.54) is 0 Å². The zero-order valence-electron chi connectivity index (χ0n) is 40.8. The molecule has 0 radical (unpaired) electrons. The molecule has 8 aromatic rings. The van der Waals surface area contributed by atoms with Gasteiger partial charge in [0.15, 0.2) is 0 Å². The first kappa shape index (κ1) is 28.2. The van der Waals surface area contributed by atoms with E-state index >= 15 is 0 Å². The van der Waals surface area contributed by atoms with Crippen LogP contribution < -0.4 is 0 Å². The fraction of sp³-hybridized carbons (Fsp3) is 0.192. The van der Waals surface area contributed by atoms with E-state index in [0.717, 1.165) is 61.3 Å². The van der Waals surface area contributed by atoms with Crippen molar-refractivity contribution >= 4 is 11.0 Å². The van der Waals surface area contributed by atoms with E-state index in [4.69, 9.17) is 20.9 Å². The predicted molar refractivity (Wildman–Crippen MR) is 235 cm³/mol. The molecule has 0 unspecified atom stereocenters. The number of benzene rings is 6. The van der Waals surface area contributed by atoms with E-state index in [2.05, 4.69) is 55.7 Å². The number of phenolic OH excluding ortho intramolecular Hbond substituents is 1. The summed E-state index contributed by atoms with van der Waals surface area (Å²) >= 11 is 0. The molecule has 0 atom stereocenters. The third kappa shape index (κ3) is 6.92. The molecule has 56 heavy (non-hydrogen) atoms. The molecule has 278 valence electrons. The van der Waals surface area contributed by atoms with Crippen molar-refractivity contribution in [2.45, 2.75) is 66.6 Å². The molecule has 2 aromatic heterocycles. The van der Waals surface area contributed by atoms with Gasteiger partial charge in [0.2, 0.25) is 0 Å². The summed E-state index contributed by atoms with van der Waals surface area (Å²) in [5.41, 5.74) is 10.7. The van der Waals surface area contributed by atoms with Gasteiger partial charge in [0.05, 0.1) is 33.5 Å². The number of hydrogen-bond donors (Lipinski definition) is 1. The van der Waals surface area contributed by atoms with Crippen LogP contribution in [-0.4, -0.2) is 19.6 Å². The highest BCUT2D eigenvalue weighted by molar-refractivity contribution is 5.98. The van der Waals surface area contributed by atoms with Crippen LogP contribution in [0, 0.1) is 20.7 Å². The molecule has 0 aliphatic rings. The maximum Gasteiger partial charge on any atom is 0.149 e. The molecule has 0 spiro atoms. The molecule has 0 saturated carbocycles. The average Bonchev–Trinajstić information content (AvgIpc) is 3.63. The molecule has 0 saturated heterocycles. The minimum absolute atomic E-state index is 0.00878. The first-order valence-corrected chi connectivity index (χ1v) is 18.8. The molecule has 4 nitrogen and oxygen atoms in total. The van der Waals surface area contributed by atoms with Gasteiger partial charge < -0.3 is 5.11 Å². The van der Waals surface area contributed by atoms with Crippen molar-refractivity contribution in [1.29, 1.82) is 0 Å². The Labute approximate surface area is 342 Å². The summed E-state index contributed by atoms with van der Waals surface area (Å²) in [4.78, 5) is 10.2. The van der Waals surface area contributed by atoms with Crippen LogP contribution in [0.15, 0.2) is 140 Å². The average molecular weight is 740 g/mol. The minimum atomic E-state index is -2.82. The SMILES string of the molecule is [2H]c1c([2H])c(C([2H])([2H])[2H])c([2H])c([2H])c1-c1ccnc(-c2cc(-c3cccc4c3nc(-c3cc(C)cc(C)c3O)n4-c3ccc(C([2H])(C)C)cc3-c3ccccc3)cc(C(C)(C)C)c2)c1. The van der Waals surface area contributed by atoms with Crippen molar-refractivity contribution in [3.05, 3.63) is 167 Å². The van der Waals surface area contributed by atoms with Gasteiger partial charge in [-0.15, -0.1) is 0 Å². The Morgan fingerprint density at radius 3 is 2.20 bits per heavy atom. The van der Waals surface area contributed by atoms with E-state index in [9.17, 15) is 5.11 Å². The zero-order valence-corrected chi connectivity index (χ0v) is 32.8. The predicted octanol–water partition coefficient (Wildman–Crippen LogP) is 13.8. The number of phenols is 1. The highest BCUT2D eigenvalue weighted by Crippen LogP contribution is 2.43. The Bertz CT molecular complexity index is 3110. The summed E-state index contributed by atoms with van der Waals surface area (Å²) in [6.07, 6.45) is 1.56. The number of fused-ring (bicyclic) bond motifs is 1. The van der Waals surface area contributed by atoms with Crippen LogP contribution in [0.5, 0.6) is 5.75 Å². The number of nitrogens with zero attached hydrogens (tertiary/aromatic N) is 3. The monoisotopic (exact) mass is 739 g/mol. The molecule has 0 amide bonds. The maximum absolute atomic E-state index is 11.7. The summed E-state index contributed by atoms with van der Waals surface area (Å²) in [6.45, 7) is 11.2. The van der Waals surface area contributed by atoms with Crippen molar-refractivity contribution in [2.75, 3.05) is 0 Å². The van der Waals surface area contributed by atoms with Crippen molar-refractivity contribution in [1.82, 2.24) is 14.5 Å². The van der Waals surface area contributed by atoms with Crippen LogP contribution in [0.2, 0.25) is 0 Å². The highest BCUT2D eigenvalue weighted by Gasteiger charge is 2.24. The van der Waals surface area contributed by atoms with E-state index in [1.807, 2.05) is 94.4 Å². The van der Waals surface area contributed by atoms with Crippen molar-refractivity contribution in [3.8, 4) is 67.5 Å². The molecule has 4 heteroatoms. The Morgan fingerprint density at radius 2 is 1.46 bits per heavy atom. The Kier molecular flexibility index (Phi) is 7.26. The van der Waals surface area contributed by atoms with Gasteiger partial charge in [-0.1, -0.05) is 125 Å². The van der Waals surface area contributed by atoms with Crippen molar-refractivity contribution in [2.24, 2.45) is 0 Å². The molecular weight excluding hydrogens is 683 g/mol. The third-order valence-electron chi connectivity index (χ3n) is 10.3. The van der Waals surface area contributed by atoms with E-state index in [-0.39, 0.29) is 16.7 Å². The number of aromatic nitrogens is 3. The number of pyridine rings is 1. The molecule has 1 N–H and O–H groups in total. The molecule has 2 heterocycles. The Morgan fingerprint density at radius 1 is 0.696 bits per heavy atom. The molecule has 6 aromatic carbocycles. The summed E-state index contributed by atoms with van der Waals surface area (Å²) < 4.78 is 69.3. The van der Waals surface area contributed by atoms with Crippen molar-refractivity contribution < 1.29 is 16.1 Å². The number of hydrogen-bond acceptors (Lipinski definition) is 3. The van der Waals surface area contributed by atoms with Crippen LogP contribution in [0.1, 0.15) is 79.3 Å². The van der Waals surface area contributed by atoms with Gasteiger partial charge >= 0.3 is 0 Å². The lowest BCUT2D eigenvalue weighted by Gasteiger charge is -2.22. The topological polar surface area (TPSA) is 50.9 Å². The van der Waals surface area contributed by atoms with Gasteiger partial charge in [-0.2, -0.15) is 0 Å². The van der Waals surface area contributed by atoms with Crippen LogP contribution in [0.4, 0.5) is 0 Å². The molecule has 0 aliphatic heterocycles. The second-order valence-corrected chi connectivity index (χ2v) is 15.7. The Hall–Kier alpha value is -6.26. The standard InChI is InChI=1S/C52H49N3O/c1-32(2)38-21-22-47(44(30-38)37-13-10-9-11-14-37)55-48-16-12-15-43(49(48)54-51(55)45-26-34(4)25-35(5)50(45)56)40-27-41(29-42(28-40)52(6,7)8)46-31-39(23-24-53-46)36-19-17-33(3)18-20-36/h9-32,56H,1-8H3/i3D3,17D,18D,19D,20D,32D. The summed E-state index contributed by atoms with van der Waals surface area (Å²) in [6, 6.07) is 33.6. The first-order chi connectivity index (χ1) is 30.0. The lowest BCUT2D eigenvalue weighted by Crippen LogP contribution is -2.11. The largest absolute Gasteiger partial charge is 0.507 e. The smallest absolute Gasteiger partial charge is 0.149 e. The van der Waals surface area contributed by atoms with Crippen molar-refractivity contribution in [3.63, 3.8) is 0 Å². The number of para-hydroxylation sites is 1. The molecular formula is C52H49N3O. The normalized spacial score (nSPS) is 14.3. The number of aryl methyl sites for hydroxylation is 2. The minimum Gasteiger partial charge on any atom is -0.507 e. The fourth-order valence-corrected chi connectivity index (χ4v) is 7.34. The van der Waals surface area contributed by atoms with Crippen LogP contribution >= 0.6 is 0 Å². The fourth-order valence-electron chi connectivity index (χ4n) is 7.34. The maximum atomic E-state index is 11.7. The Balaban J connectivity index is 1.39. The van der Waals surface area contributed by atoms with Crippen LogP contribution in [0.25, 0.3) is 72.7 Å². The number of rotatable bonds is 7. The van der Waals surface area contributed by atoms with Gasteiger partial charge in [0.25, 0.3) is 0 Å².